The van der Waals surface area contributed by atoms with Gasteiger partial charge in [-0.2, -0.15) is 0 Å². The second kappa shape index (κ2) is 5.22. The van der Waals surface area contributed by atoms with Gasteiger partial charge in [0.15, 0.2) is 5.75 Å². The Kier molecular flexibility index (Phi) is 4.17. The van der Waals surface area contributed by atoms with E-state index in [1.807, 2.05) is 0 Å². The maximum Gasteiger partial charge on any atom is 0.337 e. The number of hydrogen-bond donors (Lipinski definition) is 0. The molecule has 0 spiro atoms. The lowest BCUT2D eigenvalue weighted by atomic mass is 10.2. The maximum atomic E-state index is 11.4. The van der Waals surface area contributed by atoms with E-state index in [1.54, 1.807) is 25.3 Å². The maximum absolute atomic E-state index is 11.4. The van der Waals surface area contributed by atoms with Gasteiger partial charge in [0.05, 0.1) is 19.8 Å². The molecule has 0 bridgehead atoms. The minimum absolute atomic E-state index is 0.381. The van der Waals surface area contributed by atoms with Crippen molar-refractivity contribution in [1.29, 1.82) is 0 Å². The van der Waals surface area contributed by atoms with Crippen molar-refractivity contribution in [3.8, 4) is 11.5 Å². The summed E-state index contributed by atoms with van der Waals surface area (Å²) in [6.45, 7) is 6.20. The SMILES string of the molecule is COC(=O)c1ccc(OC)c(O[Si](C)(C)C)c1. The lowest BCUT2D eigenvalue weighted by Gasteiger charge is -2.21. The quantitative estimate of drug-likeness (QED) is 0.612. The third kappa shape index (κ3) is 3.78. The predicted octanol–water partition coefficient (Wildman–Crippen LogP) is 2.70. The van der Waals surface area contributed by atoms with Gasteiger partial charge in [-0.1, -0.05) is 0 Å². The minimum atomic E-state index is -1.75. The fourth-order valence-electron chi connectivity index (χ4n) is 1.33. The number of rotatable bonds is 4. The number of ether oxygens (including phenoxy) is 2. The number of benzene rings is 1. The summed E-state index contributed by atoms with van der Waals surface area (Å²) < 4.78 is 15.7. The van der Waals surface area contributed by atoms with Crippen LogP contribution in [0.3, 0.4) is 0 Å². The van der Waals surface area contributed by atoms with Crippen LogP contribution in [-0.2, 0) is 4.74 Å². The van der Waals surface area contributed by atoms with Crippen molar-refractivity contribution >= 4 is 14.3 Å². The van der Waals surface area contributed by atoms with E-state index < -0.39 is 8.32 Å². The Morgan fingerprint density at radius 2 is 1.76 bits per heavy atom. The van der Waals surface area contributed by atoms with E-state index >= 15 is 0 Å². The van der Waals surface area contributed by atoms with Crippen LogP contribution in [0.2, 0.25) is 19.6 Å². The highest BCUT2D eigenvalue weighted by atomic mass is 28.4. The van der Waals surface area contributed by atoms with Gasteiger partial charge < -0.3 is 13.9 Å². The van der Waals surface area contributed by atoms with Gasteiger partial charge in [0.2, 0.25) is 8.32 Å². The Hall–Kier alpha value is -1.49. The predicted molar refractivity (Wildman–Crippen MR) is 68.3 cm³/mol. The molecule has 1 rings (SSSR count). The molecule has 0 atom stereocenters. The first-order chi connectivity index (χ1) is 7.87. The Balaban J connectivity index is 3.11. The molecule has 0 amide bonds. The normalized spacial score (nSPS) is 10.9. The first kappa shape index (κ1) is 13.6. The Morgan fingerprint density at radius 3 is 2.24 bits per heavy atom. The topological polar surface area (TPSA) is 44.8 Å². The van der Waals surface area contributed by atoms with Gasteiger partial charge >= 0.3 is 5.97 Å². The number of hydrogen-bond acceptors (Lipinski definition) is 4. The Morgan fingerprint density at radius 1 is 1.12 bits per heavy atom. The molecule has 94 valence electrons. The van der Waals surface area contributed by atoms with Crippen LogP contribution >= 0.6 is 0 Å². The van der Waals surface area contributed by atoms with Crippen molar-refractivity contribution in [2.24, 2.45) is 0 Å². The van der Waals surface area contributed by atoms with Crippen molar-refractivity contribution in [2.75, 3.05) is 14.2 Å². The lowest BCUT2D eigenvalue weighted by molar-refractivity contribution is 0.0600. The van der Waals surface area contributed by atoms with Crippen LogP contribution < -0.4 is 9.16 Å². The Labute approximate surface area is 103 Å². The molecular formula is C12H18O4Si. The number of carbonyl (C=O) groups is 1. The molecule has 0 N–H and O–H groups in total. The molecule has 0 aliphatic carbocycles. The third-order valence-corrected chi connectivity index (χ3v) is 2.83. The van der Waals surface area contributed by atoms with Crippen molar-refractivity contribution in [3.05, 3.63) is 23.8 Å². The van der Waals surface area contributed by atoms with Gasteiger partial charge in [-0.15, -0.1) is 0 Å². The van der Waals surface area contributed by atoms with Crippen LogP contribution in [-0.4, -0.2) is 28.5 Å². The zero-order valence-corrected chi connectivity index (χ0v) is 11.9. The number of esters is 1. The fourth-order valence-corrected chi connectivity index (χ4v) is 2.15. The molecule has 0 heterocycles. The second-order valence-corrected chi connectivity index (χ2v) is 9.00. The average Bonchev–Trinajstić information content (AvgIpc) is 2.25. The van der Waals surface area contributed by atoms with E-state index in [9.17, 15) is 4.79 Å². The van der Waals surface area contributed by atoms with Crippen molar-refractivity contribution in [1.82, 2.24) is 0 Å². The first-order valence-electron chi connectivity index (χ1n) is 5.33. The molecule has 17 heavy (non-hydrogen) atoms. The van der Waals surface area contributed by atoms with Crippen molar-refractivity contribution in [2.45, 2.75) is 19.6 Å². The van der Waals surface area contributed by atoms with Crippen LogP contribution in [0.4, 0.5) is 0 Å². The molecule has 0 fully saturated rings. The van der Waals surface area contributed by atoms with Gasteiger partial charge in [0.1, 0.15) is 5.75 Å². The highest BCUT2D eigenvalue weighted by molar-refractivity contribution is 6.70. The largest absolute Gasteiger partial charge is 0.542 e. The zero-order chi connectivity index (χ0) is 13.1. The van der Waals surface area contributed by atoms with E-state index in [2.05, 4.69) is 24.4 Å². The summed E-state index contributed by atoms with van der Waals surface area (Å²) in [5.41, 5.74) is 0.460. The first-order valence-corrected chi connectivity index (χ1v) is 8.73. The van der Waals surface area contributed by atoms with Crippen LogP contribution in [0.25, 0.3) is 0 Å². The Bertz CT molecular complexity index is 409. The monoisotopic (exact) mass is 254 g/mol. The van der Waals surface area contributed by atoms with E-state index in [4.69, 9.17) is 9.16 Å². The summed E-state index contributed by atoms with van der Waals surface area (Å²) in [6.07, 6.45) is 0. The van der Waals surface area contributed by atoms with Crippen molar-refractivity contribution < 1.29 is 18.7 Å². The van der Waals surface area contributed by atoms with Crippen LogP contribution in [0.15, 0.2) is 18.2 Å². The summed E-state index contributed by atoms with van der Waals surface area (Å²) in [4.78, 5) is 11.4. The molecule has 0 aliphatic heterocycles. The van der Waals surface area contributed by atoms with Gasteiger partial charge in [0, 0.05) is 0 Å². The number of carbonyl (C=O) groups excluding carboxylic acids is 1. The molecule has 1 aromatic rings. The minimum Gasteiger partial charge on any atom is -0.542 e. The molecule has 0 saturated heterocycles. The van der Waals surface area contributed by atoms with E-state index in [0.717, 1.165) is 0 Å². The van der Waals surface area contributed by atoms with E-state index in [1.165, 1.54) is 7.11 Å². The third-order valence-electron chi connectivity index (χ3n) is 2.00. The number of methoxy groups -OCH3 is 2. The standard InChI is InChI=1S/C12H18O4Si/c1-14-10-7-6-9(12(13)15-2)8-11(10)16-17(3,4)5/h6-8H,1-5H3. The highest BCUT2D eigenvalue weighted by Crippen LogP contribution is 2.30. The van der Waals surface area contributed by atoms with Gasteiger partial charge in [-0.3, -0.25) is 0 Å². The molecule has 0 aliphatic rings. The molecular weight excluding hydrogens is 236 g/mol. The van der Waals surface area contributed by atoms with Crippen LogP contribution in [0.1, 0.15) is 10.4 Å². The summed E-state index contributed by atoms with van der Waals surface area (Å²) in [5.74, 6) is 0.836. The zero-order valence-electron chi connectivity index (χ0n) is 10.9. The van der Waals surface area contributed by atoms with E-state index in [0.29, 0.717) is 17.1 Å². The highest BCUT2D eigenvalue weighted by Gasteiger charge is 2.20. The molecule has 1 aromatic carbocycles. The summed E-state index contributed by atoms with van der Waals surface area (Å²) in [5, 5.41) is 0. The van der Waals surface area contributed by atoms with Crippen LogP contribution in [0, 0.1) is 0 Å². The lowest BCUT2D eigenvalue weighted by Crippen LogP contribution is -2.29. The van der Waals surface area contributed by atoms with Gasteiger partial charge in [0.25, 0.3) is 0 Å². The van der Waals surface area contributed by atoms with Crippen LogP contribution in [0.5, 0.6) is 11.5 Å². The van der Waals surface area contributed by atoms with Crippen molar-refractivity contribution in [3.63, 3.8) is 0 Å². The molecule has 0 radical (unpaired) electrons. The smallest absolute Gasteiger partial charge is 0.337 e. The summed E-state index contributed by atoms with van der Waals surface area (Å²) in [7, 11) is 1.18. The second-order valence-electron chi connectivity index (χ2n) is 4.57. The van der Waals surface area contributed by atoms with Gasteiger partial charge in [-0.05, 0) is 37.8 Å². The molecule has 0 saturated carbocycles. The van der Waals surface area contributed by atoms with E-state index in [-0.39, 0.29) is 5.97 Å². The van der Waals surface area contributed by atoms with Gasteiger partial charge in [-0.25, -0.2) is 4.79 Å². The molecule has 4 nitrogen and oxygen atoms in total. The molecule has 0 unspecified atom stereocenters. The molecule has 5 heteroatoms. The summed E-state index contributed by atoms with van der Waals surface area (Å²) >= 11 is 0. The fraction of sp³-hybridized carbons (Fsp3) is 0.417. The molecule has 0 aromatic heterocycles. The average molecular weight is 254 g/mol. The summed E-state index contributed by atoms with van der Waals surface area (Å²) in [6, 6.07) is 5.02.